The van der Waals surface area contributed by atoms with Gasteiger partial charge in [-0.3, -0.25) is 28.9 Å². The number of carboxylic acid groups (broad SMARTS) is 1. The highest BCUT2D eigenvalue weighted by molar-refractivity contribution is 7.09. The minimum absolute atomic E-state index is 0.0339. The van der Waals surface area contributed by atoms with Gasteiger partial charge in [0.1, 0.15) is 16.2 Å². The van der Waals surface area contributed by atoms with Gasteiger partial charge in [-0.2, -0.15) is 0 Å². The van der Waals surface area contributed by atoms with E-state index in [-0.39, 0.29) is 48.4 Å². The fourth-order valence-electron chi connectivity index (χ4n) is 7.50. The summed E-state index contributed by atoms with van der Waals surface area (Å²) < 4.78 is 5.78. The molecule has 2 fully saturated rings. The van der Waals surface area contributed by atoms with Crippen molar-refractivity contribution in [2.75, 3.05) is 20.6 Å². The quantitative estimate of drug-likeness (QED) is 0.203. The number of nitrogens with zero attached hydrogens (tertiary/aromatic N) is 3. The Morgan fingerprint density at radius 3 is 2.35 bits per heavy atom. The zero-order valence-electron chi connectivity index (χ0n) is 30.9. The van der Waals surface area contributed by atoms with Gasteiger partial charge >= 0.3 is 11.9 Å². The van der Waals surface area contributed by atoms with Crippen molar-refractivity contribution in [3.8, 4) is 0 Å². The third kappa shape index (κ3) is 10.6. The third-order valence-electron chi connectivity index (χ3n) is 10.4. The van der Waals surface area contributed by atoms with Crippen molar-refractivity contribution in [2.45, 2.75) is 122 Å². The van der Waals surface area contributed by atoms with Crippen LogP contribution in [0.4, 0.5) is 0 Å². The highest BCUT2D eigenvalue weighted by Crippen LogP contribution is 2.36. The lowest BCUT2D eigenvalue weighted by Crippen LogP contribution is -2.62. The molecule has 1 aliphatic carbocycles. The zero-order chi connectivity index (χ0) is 37.3. The van der Waals surface area contributed by atoms with Gasteiger partial charge in [-0.1, -0.05) is 70.4 Å². The molecule has 13 heteroatoms. The molecule has 280 valence electrons. The average Bonchev–Trinajstić information content (AvgIpc) is 3.77. The maximum Gasteiger partial charge on any atom is 0.306 e. The Balaban J connectivity index is 1.51. The van der Waals surface area contributed by atoms with Gasteiger partial charge in [-0.25, -0.2) is 4.98 Å². The average molecular weight is 726 g/mol. The Bertz CT molecular complexity index is 1510. The number of rotatable bonds is 16. The summed E-state index contributed by atoms with van der Waals surface area (Å²) in [5, 5.41) is 17.7. The molecule has 2 aromatic rings. The fourth-order valence-corrected chi connectivity index (χ4v) is 8.34. The van der Waals surface area contributed by atoms with Gasteiger partial charge in [0.15, 0.2) is 6.10 Å². The number of hydrogen-bond acceptors (Lipinski definition) is 9. The van der Waals surface area contributed by atoms with E-state index in [2.05, 4.69) is 20.5 Å². The molecule has 3 N–H and O–H groups in total. The SMILES string of the molecule is CC(=O)O[C@H](C[C@H](C(C)C)N(C)C(=O)C1(NC(=O)[C@H]2CCCCN2C)CCCC1)c1nc(C(=O)N[C@@H](Cc2ccccc2)C[C@H](C)C(=O)O)cs1. The van der Waals surface area contributed by atoms with Gasteiger partial charge in [0.05, 0.1) is 12.0 Å². The number of aliphatic carboxylic acids is 1. The van der Waals surface area contributed by atoms with Gasteiger partial charge in [0, 0.05) is 37.9 Å². The summed E-state index contributed by atoms with van der Waals surface area (Å²) in [6.45, 7) is 7.78. The minimum Gasteiger partial charge on any atom is -0.481 e. The van der Waals surface area contributed by atoms with E-state index >= 15 is 0 Å². The van der Waals surface area contributed by atoms with Crippen molar-refractivity contribution in [3.05, 3.63) is 52.0 Å². The molecule has 12 nitrogen and oxygen atoms in total. The van der Waals surface area contributed by atoms with E-state index in [1.807, 2.05) is 51.2 Å². The van der Waals surface area contributed by atoms with Crippen LogP contribution in [0.5, 0.6) is 0 Å². The molecule has 0 bridgehead atoms. The van der Waals surface area contributed by atoms with Crippen molar-refractivity contribution in [1.29, 1.82) is 0 Å². The number of hydrogen-bond donors (Lipinski definition) is 3. The van der Waals surface area contributed by atoms with Crippen LogP contribution in [0, 0.1) is 11.8 Å². The summed E-state index contributed by atoms with van der Waals surface area (Å²) in [6, 6.07) is 8.47. The molecule has 1 aromatic heterocycles. The standard InChI is InChI=1S/C38H55N5O7S/c1-24(2)31(43(6)37(49)38(17-11-12-18-38)41-34(46)30-16-10-13-19-42(30)5)22-32(50-26(4)44)35-40-29(23-51-35)33(45)39-28(20-25(3)36(47)48)21-27-14-8-7-9-15-27/h7-9,14-15,23-25,28,30-32H,10-13,16-22H2,1-6H3,(H,39,45)(H,41,46)(H,47,48)/t25-,28+,30+,31+,32+/m0/s1. The first-order valence-electron chi connectivity index (χ1n) is 18.2. The molecule has 4 rings (SSSR count). The van der Waals surface area contributed by atoms with Crippen molar-refractivity contribution < 1.29 is 33.8 Å². The number of carbonyl (C=O) groups excluding carboxylic acids is 4. The number of benzene rings is 1. The number of carbonyl (C=O) groups is 5. The molecule has 0 unspecified atom stereocenters. The Labute approximate surface area is 305 Å². The predicted octanol–water partition coefficient (Wildman–Crippen LogP) is 4.99. The van der Waals surface area contributed by atoms with E-state index in [1.54, 1.807) is 24.3 Å². The minimum atomic E-state index is -0.991. The van der Waals surface area contributed by atoms with E-state index in [0.29, 0.717) is 24.3 Å². The lowest BCUT2D eigenvalue weighted by Gasteiger charge is -2.41. The van der Waals surface area contributed by atoms with E-state index in [4.69, 9.17) is 4.74 Å². The van der Waals surface area contributed by atoms with Gasteiger partial charge in [0.25, 0.3) is 5.91 Å². The van der Waals surface area contributed by atoms with Crippen LogP contribution in [0.3, 0.4) is 0 Å². The second-order valence-electron chi connectivity index (χ2n) is 14.7. The molecule has 5 atom stereocenters. The van der Waals surface area contributed by atoms with E-state index in [0.717, 1.165) is 44.2 Å². The van der Waals surface area contributed by atoms with E-state index < -0.39 is 41.4 Å². The smallest absolute Gasteiger partial charge is 0.306 e. The first kappa shape index (κ1) is 39.9. The zero-order valence-corrected chi connectivity index (χ0v) is 31.7. The largest absolute Gasteiger partial charge is 0.481 e. The number of piperidine rings is 1. The van der Waals surface area contributed by atoms with E-state index in [1.165, 1.54) is 18.3 Å². The summed E-state index contributed by atoms with van der Waals surface area (Å²) in [4.78, 5) is 73.8. The maximum atomic E-state index is 14.4. The van der Waals surface area contributed by atoms with Crippen LogP contribution in [0.2, 0.25) is 0 Å². The van der Waals surface area contributed by atoms with Crippen LogP contribution in [0.1, 0.15) is 113 Å². The molecule has 1 aromatic carbocycles. The predicted molar refractivity (Wildman–Crippen MR) is 195 cm³/mol. The van der Waals surface area contributed by atoms with Gasteiger partial charge in [0.2, 0.25) is 11.8 Å². The molecule has 0 spiro atoms. The normalized spacial score (nSPS) is 19.8. The third-order valence-corrected chi connectivity index (χ3v) is 11.3. The summed E-state index contributed by atoms with van der Waals surface area (Å²) in [7, 11) is 3.71. The summed E-state index contributed by atoms with van der Waals surface area (Å²) in [6.07, 6.45) is 5.73. The van der Waals surface area contributed by atoms with Crippen LogP contribution >= 0.6 is 11.3 Å². The lowest BCUT2D eigenvalue weighted by atomic mass is 9.90. The first-order valence-corrected chi connectivity index (χ1v) is 19.1. The monoisotopic (exact) mass is 725 g/mol. The fraction of sp³-hybridized carbons (Fsp3) is 0.632. The Morgan fingerprint density at radius 1 is 1.06 bits per heavy atom. The Kier molecular flexibility index (Phi) is 14.2. The van der Waals surface area contributed by atoms with Crippen LogP contribution in [0.15, 0.2) is 35.7 Å². The maximum absolute atomic E-state index is 14.4. The highest BCUT2D eigenvalue weighted by atomic mass is 32.1. The molecule has 51 heavy (non-hydrogen) atoms. The summed E-state index contributed by atoms with van der Waals surface area (Å²) in [5.74, 6) is -2.86. The van der Waals surface area contributed by atoms with Crippen molar-refractivity contribution in [3.63, 3.8) is 0 Å². The number of likely N-dealkylation sites (tertiary alicyclic amines) is 1. The van der Waals surface area contributed by atoms with Crippen LogP contribution < -0.4 is 10.6 Å². The number of amides is 3. The second kappa shape index (κ2) is 18.1. The summed E-state index contributed by atoms with van der Waals surface area (Å²) >= 11 is 1.19. The van der Waals surface area contributed by atoms with Gasteiger partial charge < -0.3 is 25.4 Å². The molecular formula is C38H55N5O7S. The van der Waals surface area contributed by atoms with Crippen LogP contribution in [-0.4, -0.2) is 93.9 Å². The molecule has 3 amide bonds. The summed E-state index contributed by atoms with van der Waals surface area (Å²) in [5.41, 5.74) is 0.113. The molecule has 0 radical (unpaired) electrons. The molecule has 2 heterocycles. The number of esters is 1. The molecular weight excluding hydrogens is 671 g/mol. The van der Waals surface area contributed by atoms with Crippen LogP contribution in [0.25, 0.3) is 0 Å². The highest BCUT2D eigenvalue weighted by Gasteiger charge is 2.47. The number of nitrogens with one attached hydrogen (secondary N) is 2. The van der Waals surface area contributed by atoms with Crippen molar-refractivity contribution >= 4 is 41.0 Å². The number of ether oxygens (including phenoxy) is 1. The van der Waals surface area contributed by atoms with Crippen molar-refractivity contribution in [2.24, 2.45) is 11.8 Å². The number of thiazole rings is 1. The molecule has 2 aliphatic rings. The number of likely N-dealkylation sites (N-methyl/N-ethyl adjacent to an activating group) is 2. The Morgan fingerprint density at radius 2 is 1.75 bits per heavy atom. The van der Waals surface area contributed by atoms with Gasteiger partial charge in [-0.15, -0.1) is 11.3 Å². The molecule has 1 saturated heterocycles. The molecule has 1 saturated carbocycles. The lowest BCUT2D eigenvalue weighted by molar-refractivity contribution is -0.150. The Hall–Kier alpha value is -3.84. The van der Waals surface area contributed by atoms with Crippen LogP contribution in [-0.2, 0) is 30.3 Å². The first-order chi connectivity index (χ1) is 24.2. The van der Waals surface area contributed by atoms with Gasteiger partial charge in [-0.05, 0) is 63.6 Å². The van der Waals surface area contributed by atoms with E-state index in [9.17, 15) is 29.1 Å². The van der Waals surface area contributed by atoms with Crippen molar-refractivity contribution in [1.82, 2.24) is 25.4 Å². The second-order valence-corrected chi connectivity index (χ2v) is 15.6. The molecule has 1 aliphatic heterocycles. The number of aromatic nitrogens is 1. The number of carboxylic acids is 1. The topological polar surface area (TPSA) is 158 Å².